The van der Waals surface area contributed by atoms with Crippen LogP contribution in [0.3, 0.4) is 0 Å². The monoisotopic (exact) mass is 377 g/mol. The molecule has 0 spiro atoms. The van der Waals surface area contributed by atoms with Gasteiger partial charge in [0.2, 0.25) is 11.8 Å². The summed E-state index contributed by atoms with van der Waals surface area (Å²) in [5, 5.41) is 0. The third-order valence-corrected chi connectivity index (χ3v) is 5.74. The summed E-state index contributed by atoms with van der Waals surface area (Å²) in [6.07, 6.45) is 4.60. The van der Waals surface area contributed by atoms with E-state index in [4.69, 9.17) is 0 Å². The number of carbonyl (C=O) groups is 3. The van der Waals surface area contributed by atoms with Gasteiger partial charge in [-0.1, -0.05) is 19.1 Å². The summed E-state index contributed by atoms with van der Waals surface area (Å²) < 4.78 is 1.73. The molecule has 1 N–H and O–H groups in total. The average Bonchev–Trinajstić information content (AvgIpc) is 3.13. The summed E-state index contributed by atoms with van der Waals surface area (Å²) >= 11 is 0. The molecule has 3 atom stereocenters. The summed E-state index contributed by atoms with van der Waals surface area (Å²) in [5.41, 5.74) is 5.69. The summed E-state index contributed by atoms with van der Waals surface area (Å²) in [7, 11) is 0. The van der Waals surface area contributed by atoms with E-state index < -0.39 is 0 Å². The van der Waals surface area contributed by atoms with E-state index in [1.807, 2.05) is 45.1 Å². The Kier molecular flexibility index (Phi) is 4.41. The first-order chi connectivity index (χ1) is 13.4. The smallest absolute Gasteiger partial charge is 0.270 e. The minimum absolute atomic E-state index is 0.0540. The summed E-state index contributed by atoms with van der Waals surface area (Å²) in [4.78, 5) is 39.5. The molecule has 2 aliphatic rings. The quantitative estimate of drug-likeness (QED) is 0.660. The van der Waals surface area contributed by atoms with Gasteiger partial charge in [-0.05, 0) is 62.6 Å². The van der Waals surface area contributed by atoms with Crippen LogP contribution in [-0.4, -0.2) is 22.4 Å². The number of nitrogens with zero attached hydrogens (tertiary/aromatic N) is 2. The second kappa shape index (κ2) is 6.78. The van der Waals surface area contributed by atoms with Gasteiger partial charge in [0, 0.05) is 17.0 Å². The Morgan fingerprint density at radius 1 is 1.00 bits per heavy atom. The molecule has 1 aromatic carbocycles. The van der Waals surface area contributed by atoms with Crippen LogP contribution in [-0.2, 0) is 9.59 Å². The second-order valence-electron chi connectivity index (χ2n) is 7.61. The fourth-order valence-electron chi connectivity index (χ4n) is 4.17. The summed E-state index contributed by atoms with van der Waals surface area (Å²) in [5.74, 6) is -1.07. The Balaban J connectivity index is 1.54. The van der Waals surface area contributed by atoms with Crippen LogP contribution in [0.4, 0.5) is 5.69 Å². The first-order valence-corrected chi connectivity index (χ1v) is 9.49. The number of aromatic nitrogens is 1. The van der Waals surface area contributed by atoms with E-state index in [2.05, 4.69) is 5.43 Å². The predicted octanol–water partition coefficient (Wildman–Crippen LogP) is 3.19. The molecule has 4 rings (SSSR count). The molecule has 3 amide bonds. The second-order valence-corrected chi connectivity index (χ2v) is 7.61. The molecular weight excluding hydrogens is 354 g/mol. The topological polar surface area (TPSA) is 71.4 Å². The minimum Gasteiger partial charge on any atom is -0.274 e. The molecule has 2 aromatic rings. The number of hydrogen-bond acceptors (Lipinski definition) is 3. The van der Waals surface area contributed by atoms with E-state index in [1.54, 1.807) is 28.9 Å². The van der Waals surface area contributed by atoms with Gasteiger partial charge >= 0.3 is 0 Å². The van der Waals surface area contributed by atoms with E-state index in [-0.39, 0.29) is 35.5 Å². The normalized spacial score (nSPS) is 23.8. The molecule has 0 bridgehead atoms. The van der Waals surface area contributed by atoms with E-state index in [9.17, 15) is 14.4 Å². The van der Waals surface area contributed by atoms with Crippen LogP contribution in [0, 0.1) is 31.6 Å². The van der Waals surface area contributed by atoms with Crippen molar-refractivity contribution in [3.63, 3.8) is 0 Å². The van der Waals surface area contributed by atoms with Gasteiger partial charge < -0.3 is 0 Å². The Morgan fingerprint density at radius 3 is 2.25 bits per heavy atom. The molecule has 1 aromatic heterocycles. The number of aryl methyl sites for hydroxylation is 2. The number of amides is 3. The van der Waals surface area contributed by atoms with Crippen molar-refractivity contribution in [3.05, 3.63) is 65.5 Å². The average molecular weight is 377 g/mol. The summed E-state index contributed by atoms with van der Waals surface area (Å²) in [6, 6.07) is 10.5. The molecule has 1 aliphatic heterocycles. The fraction of sp³-hybridized carbons (Fsp3) is 0.318. The van der Waals surface area contributed by atoms with Crippen molar-refractivity contribution >= 4 is 23.4 Å². The van der Waals surface area contributed by atoms with E-state index in [0.29, 0.717) is 17.7 Å². The lowest BCUT2D eigenvalue weighted by Crippen LogP contribution is -2.31. The maximum Gasteiger partial charge on any atom is 0.270 e. The highest BCUT2D eigenvalue weighted by molar-refractivity contribution is 6.22. The molecule has 2 heterocycles. The van der Waals surface area contributed by atoms with Gasteiger partial charge in [-0.25, -0.2) is 0 Å². The standard InChI is InChI=1S/C22H23N3O3/c1-13-5-4-6-18-19(13)22(28)24(21(18)27)17-11-9-16(10-12-17)20(26)23-25-14(2)7-8-15(25)3/h4-5,7-13,18-19H,6H2,1-3H3,(H,23,26)/t13-,18+,19+/m0/s1. The highest BCUT2D eigenvalue weighted by Crippen LogP contribution is 2.40. The van der Waals surface area contributed by atoms with E-state index >= 15 is 0 Å². The van der Waals surface area contributed by atoms with Crippen molar-refractivity contribution in [1.29, 1.82) is 0 Å². The lowest BCUT2D eigenvalue weighted by molar-refractivity contribution is -0.122. The third kappa shape index (κ3) is 2.85. The first kappa shape index (κ1) is 18.2. The van der Waals surface area contributed by atoms with Crippen molar-refractivity contribution in [3.8, 4) is 0 Å². The largest absolute Gasteiger partial charge is 0.274 e. The molecule has 1 aliphatic carbocycles. The van der Waals surface area contributed by atoms with Crippen LogP contribution in [0.25, 0.3) is 0 Å². The Labute approximate surface area is 163 Å². The van der Waals surface area contributed by atoms with Crippen molar-refractivity contribution in [2.75, 3.05) is 10.3 Å². The zero-order valence-electron chi connectivity index (χ0n) is 16.2. The third-order valence-electron chi connectivity index (χ3n) is 5.74. The highest BCUT2D eigenvalue weighted by atomic mass is 16.2. The number of anilines is 1. The molecular formula is C22H23N3O3. The van der Waals surface area contributed by atoms with Crippen LogP contribution >= 0.6 is 0 Å². The Hall–Kier alpha value is -3.15. The van der Waals surface area contributed by atoms with Crippen LogP contribution in [0.1, 0.15) is 35.1 Å². The number of fused-ring (bicyclic) bond motifs is 1. The van der Waals surface area contributed by atoms with Gasteiger partial charge in [0.05, 0.1) is 17.5 Å². The fourth-order valence-corrected chi connectivity index (χ4v) is 4.17. The molecule has 0 unspecified atom stereocenters. The maximum absolute atomic E-state index is 12.9. The van der Waals surface area contributed by atoms with E-state index in [0.717, 1.165) is 11.4 Å². The molecule has 1 saturated heterocycles. The van der Waals surface area contributed by atoms with Gasteiger partial charge in [0.25, 0.3) is 5.91 Å². The molecule has 0 radical (unpaired) electrons. The first-order valence-electron chi connectivity index (χ1n) is 9.49. The van der Waals surface area contributed by atoms with Crippen LogP contribution < -0.4 is 10.3 Å². The molecule has 144 valence electrons. The van der Waals surface area contributed by atoms with Crippen molar-refractivity contribution in [1.82, 2.24) is 4.68 Å². The molecule has 6 nitrogen and oxygen atoms in total. The van der Waals surface area contributed by atoms with Gasteiger partial charge in [-0.2, -0.15) is 0 Å². The van der Waals surface area contributed by atoms with Crippen LogP contribution in [0.2, 0.25) is 0 Å². The van der Waals surface area contributed by atoms with Crippen molar-refractivity contribution < 1.29 is 14.4 Å². The zero-order valence-corrected chi connectivity index (χ0v) is 16.2. The SMILES string of the molecule is Cc1ccc(C)n1NC(=O)c1ccc(N2C(=O)[C@@H]3[C@@H](C)C=CC[C@H]3C2=O)cc1. The predicted molar refractivity (Wildman–Crippen MR) is 106 cm³/mol. The Bertz CT molecular complexity index is 967. The number of allylic oxidation sites excluding steroid dienone is 2. The maximum atomic E-state index is 12.9. The van der Waals surface area contributed by atoms with Crippen LogP contribution in [0.15, 0.2) is 48.6 Å². The van der Waals surface area contributed by atoms with Crippen LogP contribution in [0.5, 0.6) is 0 Å². The van der Waals surface area contributed by atoms with Crippen molar-refractivity contribution in [2.24, 2.45) is 17.8 Å². The Morgan fingerprint density at radius 2 is 1.64 bits per heavy atom. The molecule has 1 fully saturated rings. The molecule has 28 heavy (non-hydrogen) atoms. The summed E-state index contributed by atoms with van der Waals surface area (Å²) in [6.45, 7) is 5.80. The number of nitrogens with one attached hydrogen (secondary N) is 1. The lowest BCUT2D eigenvalue weighted by Gasteiger charge is -2.22. The van der Waals surface area contributed by atoms with Gasteiger partial charge in [-0.3, -0.25) is 29.4 Å². The molecule has 0 saturated carbocycles. The van der Waals surface area contributed by atoms with Gasteiger partial charge in [-0.15, -0.1) is 0 Å². The highest BCUT2D eigenvalue weighted by Gasteiger charge is 2.50. The van der Waals surface area contributed by atoms with Crippen molar-refractivity contribution in [2.45, 2.75) is 27.2 Å². The number of benzene rings is 1. The van der Waals surface area contributed by atoms with E-state index in [1.165, 1.54) is 4.90 Å². The number of hydrogen-bond donors (Lipinski definition) is 1. The number of carbonyl (C=O) groups excluding carboxylic acids is 3. The lowest BCUT2D eigenvalue weighted by atomic mass is 9.78. The zero-order chi connectivity index (χ0) is 20.0. The molecule has 6 heteroatoms. The van der Waals surface area contributed by atoms with Gasteiger partial charge in [0.1, 0.15) is 0 Å². The number of rotatable bonds is 3. The van der Waals surface area contributed by atoms with Gasteiger partial charge in [0.15, 0.2) is 0 Å². The minimum atomic E-state index is -0.292. The number of imide groups is 1.